The molecule has 21 heavy (non-hydrogen) atoms. The fourth-order valence-electron chi connectivity index (χ4n) is 1.92. The van der Waals surface area contributed by atoms with Crippen molar-refractivity contribution in [1.82, 2.24) is 24.1 Å². The molecule has 116 valence electrons. The summed E-state index contributed by atoms with van der Waals surface area (Å²) < 4.78 is 30.3. The summed E-state index contributed by atoms with van der Waals surface area (Å²) in [7, 11) is -3.60. The second-order valence-electron chi connectivity index (χ2n) is 4.80. The number of hydrogen-bond donors (Lipinski definition) is 2. The van der Waals surface area contributed by atoms with Gasteiger partial charge in [-0.2, -0.15) is 5.10 Å². The first kappa shape index (κ1) is 15.7. The van der Waals surface area contributed by atoms with Crippen LogP contribution in [0.15, 0.2) is 36.0 Å². The maximum Gasteiger partial charge on any atom is 0.243 e. The second-order valence-corrected chi connectivity index (χ2v) is 6.51. The fraction of sp³-hybridized carbons (Fsp3) is 0.500. The Labute approximate surface area is 123 Å². The Bertz CT molecular complexity index is 650. The van der Waals surface area contributed by atoms with Crippen LogP contribution in [0.5, 0.6) is 0 Å². The molecule has 0 aliphatic carbocycles. The summed E-state index contributed by atoms with van der Waals surface area (Å²) >= 11 is 0. The van der Waals surface area contributed by atoms with Gasteiger partial charge in [0.15, 0.2) is 0 Å². The van der Waals surface area contributed by atoms with Crippen molar-refractivity contribution in [3.05, 3.63) is 31.1 Å². The van der Waals surface area contributed by atoms with Crippen LogP contribution in [-0.2, 0) is 23.1 Å². The molecule has 1 unspecified atom stereocenters. The molecule has 0 aliphatic rings. The molecule has 0 bridgehead atoms. The van der Waals surface area contributed by atoms with Crippen LogP contribution >= 0.6 is 0 Å². The van der Waals surface area contributed by atoms with Crippen LogP contribution in [0.25, 0.3) is 0 Å². The fourth-order valence-corrected chi connectivity index (χ4v) is 3.11. The van der Waals surface area contributed by atoms with Crippen molar-refractivity contribution < 1.29 is 13.5 Å². The van der Waals surface area contributed by atoms with Gasteiger partial charge in [0.1, 0.15) is 4.90 Å². The number of sulfonamides is 1. The minimum Gasteiger partial charge on any atom is -0.396 e. The molecule has 2 rings (SSSR count). The Morgan fingerprint density at radius 3 is 2.95 bits per heavy atom. The number of hydrogen-bond acceptors (Lipinski definition) is 5. The second kappa shape index (κ2) is 6.83. The lowest BCUT2D eigenvalue weighted by Gasteiger charge is -2.13. The molecule has 2 N–H and O–H groups in total. The molecule has 9 heteroatoms. The molecule has 2 aromatic rings. The van der Waals surface area contributed by atoms with Crippen molar-refractivity contribution >= 4 is 10.0 Å². The van der Waals surface area contributed by atoms with Crippen LogP contribution in [0.1, 0.15) is 13.3 Å². The highest BCUT2D eigenvalue weighted by atomic mass is 32.2. The topological polar surface area (TPSA) is 102 Å². The number of rotatable bonds is 8. The highest BCUT2D eigenvalue weighted by Crippen LogP contribution is 2.08. The summed E-state index contributed by atoms with van der Waals surface area (Å²) in [5, 5.41) is 12.7. The number of aryl methyl sites for hydroxylation is 1. The molecule has 0 aliphatic heterocycles. The molecule has 0 fully saturated rings. The van der Waals surface area contributed by atoms with Crippen LogP contribution in [0.2, 0.25) is 0 Å². The molecule has 1 atom stereocenters. The van der Waals surface area contributed by atoms with Gasteiger partial charge in [-0.3, -0.25) is 4.68 Å². The standard InChI is InChI=1S/C12H19N5O3S/c1-11(8-16-5-3-13-10-16)15-21(19,20)12-7-14-17(9-12)4-2-6-18/h3,5,7,9-11,15,18H,2,4,6,8H2,1H3. The van der Waals surface area contributed by atoms with Crippen LogP contribution in [-0.4, -0.2) is 45.5 Å². The molecule has 0 saturated carbocycles. The average molecular weight is 313 g/mol. The summed E-state index contributed by atoms with van der Waals surface area (Å²) in [6.07, 6.45) is 8.36. The zero-order chi connectivity index (χ0) is 15.3. The van der Waals surface area contributed by atoms with Crippen molar-refractivity contribution in [3.63, 3.8) is 0 Å². The normalized spacial score (nSPS) is 13.4. The predicted molar refractivity (Wildman–Crippen MR) is 75.9 cm³/mol. The predicted octanol–water partition coefficient (Wildman–Crippen LogP) is -0.171. The van der Waals surface area contributed by atoms with Crippen molar-refractivity contribution in [1.29, 1.82) is 0 Å². The lowest BCUT2D eigenvalue weighted by molar-refractivity contribution is 0.277. The summed E-state index contributed by atoms with van der Waals surface area (Å²) in [5.41, 5.74) is 0. The van der Waals surface area contributed by atoms with Gasteiger partial charge in [-0.25, -0.2) is 18.1 Å². The quantitative estimate of drug-likeness (QED) is 0.704. The van der Waals surface area contributed by atoms with Gasteiger partial charge in [-0.05, 0) is 13.3 Å². The van der Waals surface area contributed by atoms with Gasteiger partial charge in [0.2, 0.25) is 10.0 Å². The maximum atomic E-state index is 12.2. The molecular weight excluding hydrogens is 294 g/mol. The lowest BCUT2D eigenvalue weighted by atomic mass is 10.4. The zero-order valence-corrected chi connectivity index (χ0v) is 12.6. The Hall–Kier alpha value is -1.71. The number of aliphatic hydroxyl groups is 1. The van der Waals surface area contributed by atoms with E-state index in [-0.39, 0.29) is 17.5 Å². The van der Waals surface area contributed by atoms with E-state index in [1.165, 1.54) is 17.1 Å². The number of aromatic nitrogens is 4. The molecule has 0 spiro atoms. The van der Waals surface area contributed by atoms with E-state index in [1.807, 2.05) is 0 Å². The third-order valence-electron chi connectivity index (χ3n) is 2.87. The number of nitrogens with zero attached hydrogens (tertiary/aromatic N) is 4. The highest BCUT2D eigenvalue weighted by molar-refractivity contribution is 7.89. The van der Waals surface area contributed by atoms with E-state index in [4.69, 9.17) is 5.11 Å². The Morgan fingerprint density at radius 1 is 1.48 bits per heavy atom. The Balaban J connectivity index is 1.98. The van der Waals surface area contributed by atoms with Crippen molar-refractivity contribution in [2.24, 2.45) is 0 Å². The molecule has 0 saturated heterocycles. The third-order valence-corrected chi connectivity index (χ3v) is 4.41. The van der Waals surface area contributed by atoms with Crippen molar-refractivity contribution in [2.75, 3.05) is 6.61 Å². The van der Waals surface area contributed by atoms with Gasteiger partial charge in [-0.15, -0.1) is 0 Å². The Kier molecular flexibility index (Phi) is 5.10. The van der Waals surface area contributed by atoms with E-state index < -0.39 is 10.0 Å². The van der Waals surface area contributed by atoms with Gasteiger partial charge < -0.3 is 9.67 Å². The lowest BCUT2D eigenvalue weighted by Crippen LogP contribution is -2.35. The number of aliphatic hydroxyl groups excluding tert-OH is 1. The molecule has 2 aromatic heterocycles. The SMILES string of the molecule is CC(Cn1ccnc1)NS(=O)(=O)c1cnn(CCCO)c1. The van der Waals surface area contributed by atoms with Crippen LogP contribution in [0.3, 0.4) is 0 Å². The summed E-state index contributed by atoms with van der Waals surface area (Å²) in [6.45, 7) is 2.81. The largest absolute Gasteiger partial charge is 0.396 e. The van der Waals surface area contributed by atoms with Gasteiger partial charge in [0.25, 0.3) is 0 Å². The third kappa shape index (κ3) is 4.38. The summed E-state index contributed by atoms with van der Waals surface area (Å²) in [5.74, 6) is 0. The van der Waals surface area contributed by atoms with Crippen LogP contribution < -0.4 is 4.72 Å². The van der Waals surface area contributed by atoms with Crippen LogP contribution in [0, 0.1) is 0 Å². The smallest absolute Gasteiger partial charge is 0.243 e. The van der Waals surface area contributed by atoms with Crippen molar-refractivity contribution in [3.8, 4) is 0 Å². The van der Waals surface area contributed by atoms with E-state index in [1.54, 1.807) is 30.2 Å². The number of imidazole rings is 1. The van der Waals surface area contributed by atoms with Crippen molar-refractivity contribution in [2.45, 2.75) is 37.4 Å². The number of nitrogens with one attached hydrogen (secondary N) is 1. The molecule has 0 aromatic carbocycles. The maximum absolute atomic E-state index is 12.2. The van der Waals surface area contributed by atoms with E-state index in [0.29, 0.717) is 19.5 Å². The monoisotopic (exact) mass is 313 g/mol. The first-order valence-corrected chi connectivity index (χ1v) is 8.11. The summed E-state index contributed by atoms with van der Waals surface area (Å²) in [4.78, 5) is 4.04. The average Bonchev–Trinajstić information content (AvgIpc) is 3.06. The van der Waals surface area contributed by atoms with E-state index in [9.17, 15) is 8.42 Å². The van der Waals surface area contributed by atoms with E-state index >= 15 is 0 Å². The first-order valence-electron chi connectivity index (χ1n) is 6.62. The van der Waals surface area contributed by atoms with Gasteiger partial charge in [0.05, 0.1) is 12.5 Å². The van der Waals surface area contributed by atoms with Crippen LogP contribution in [0.4, 0.5) is 0 Å². The highest BCUT2D eigenvalue weighted by Gasteiger charge is 2.19. The molecular formula is C12H19N5O3S. The van der Waals surface area contributed by atoms with Gasteiger partial charge in [-0.1, -0.05) is 0 Å². The molecule has 0 radical (unpaired) electrons. The van der Waals surface area contributed by atoms with E-state index in [2.05, 4.69) is 14.8 Å². The summed E-state index contributed by atoms with van der Waals surface area (Å²) in [6, 6.07) is -0.273. The molecule has 2 heterocycles. The van der Waals surface area contributed by atoms with Gasteiger partial charge in [0, 0.05) is 44.3 Å². The van der Waals surface area contributed by atoms with E-state index in [0.717, 1.165) is 0 Å². The molecule has 0 amide bonds. The first-order chi connectivity index (χ1) is 10.0. The minimum absolute atomic E-state index is 0.0438. The molecule has 8 nitrogen and oxygen atoms in total. The zero-order valence-electron chi connectivity index (χ0n) is 11.8. The minimum atomic E-state index is -3.60. The Morgan fingerprint density at radius 2 is 2.29 bits per heavy atom. The van der Waals surface area contributed by atoms with Gasteiger partial charge >= 0.3 is 0 Å².